The first-order chi connectivity index (χ1) is 12.3. The third-order valence-electron chi connectivity index (χ3n) is 5.50. The summed E-state index contributed by atoms with van der Waals surface area (Å²) in [6.07, 6.45) is 6.54. The van der Waals surface area contributed by atoms with Crippen molar-refractivity contribution in [3.8, 4) is 0 Å². The maximum absolute atomic E-state index is 13.5. The molecule has 2 aromatic heterocycles. The first kappa shape index (κ1) is 14.8. The second-order valence-electron chi connectivity index (χ2n) is 7.02. The van der Waals surface area contributed by atoms with E-state index in [0.29, 0.717) is 6.54 Å². The second kappa shape index (κ2) is 5.52. The summed E-state index contributed by atoms with van der Waals surface area (Å²) in [4.78, 5) is 4.92. The van der Waals surface area contributed by atoms with Crippen LogP contribution in [0.15, 0.2) is 36.5 Å². The highest BCUT2D eigenvalue weighted by molar-refractivity contribution is 5.58. The molecule has 0 amide bonds. The Hall–Kier alpha value is -2.47. The number of rotatable bonds is 3. The van der Waals surface area contributed by atoms with E-state index >= 15 is 0 Å². The molecular formula is C19H20FN5. The standard InChI is InChI=1S/C19H20FN5/c20-14-5-3-4-13(10-14)11-21-18-15-12-22-19(7-1-2-8-19)17(15)24-16-6-9-23-25(16)18/h3-6,9-10,21-22H,1-2,7-8,11-12H2. The van der Waals surface area contributed by atoms with Gasteiger partial charge in [0.25, 0.3) is 0 Å². The topological polar surface area (TPSA) is 54.2 Å². The minimum absolute atomic E-state index is 0.0244. The van der Waals surface area contributed by atoms with E-state index in [4.69, 9.17) is 4.98 Å². The Bertz CT molecular complexity index is 942. The summed E-state index contributed by atoms with van der Waals surface area (Å²) in [6.45, 7) is 1.35. The highest BCUT2D eigenvalue weighted by Crippen LogP contribution is 2.45. The molecule has 0 unspecified atom stereocenters. The number of anilines is 1. The molecule has 3 heterocycles. The van der Waals surface area contributed by atoms with E-state index in [1.807, 2.05) is 16.6 Å². The van der Waals surface area contributed by atoms with Gasteiger partial charge in [-0.25, -0.2) is 9.37 Å². The Labute approximate surface area is 145 Å². The summed E-state index contributed by atoms with van der Waals surface area (Å²) in [7, 11) is 0. The molecule has 1 saturated carbocycles. The molecule has 1 aliphatic heterocycles. The first-order valence-electron chi connectivity index (χ1n) is 8.86. The minimum atomic E-state index is -0.213. The Morgan fingerprint density at radius 3 is 2.96 bits per heavy atom. The number of fused-ring (bicyclic) bond motifs is 3. The number of nitrogens with zero attached hydrogens (tertiary/aromatic N) is 3. The monoisotopic (exact) mass is 337 g/mol. The number of hydrogen-bond acceptors (Lipinski definition) is 4. The third-order valence-corrected chi connectivity index (χ3v) is 5.50. The van der Waals surface area contributed by atoms with Crippen LogP contribution in [0.3, 0.4) is 0 Å². The van der Waals surface area contributed by atoms with E-state index in [0.717, 1.165) is 36.4 Å². The Morgan fingerprint density at radius 1 is 1.24 bits per heavy atom. The van der Waals surface area contributed by atoms with Crippen molar-refractivity contribution < 1.29 is 4.39 Å². The lowest BCUT2D eigenvalue weighted by Gasteiger charge is -2.24. The number of halogens is 1. The average molecular weight is 337 g/mol. The summed E-state index contributed by atoms with van der Waals surface area (Å²) >= 11 is 0. The molecule has 0 saturated heterocycles. The van der Waals surface area contributed by atoms with Crippen molar-refractivity contribution in [1.29, 1.82) is 0 Å². The van der Waals surface area contributed by atoms with Crippen LogP contribution in [0.2, 0.25) is 0 Å². The van der Waals surface area contributed by atoms with Crippen molar-refractivity contribution in [2.45, 2.75) is 44.3 Å². The SMILES string of the molecule is Fc1cccc(CNc2c3c(nc4ccnn24)C2(CCCC2)NC3)c1. The van der Waals surface area contributed by atoms with Crippen LogP contribution >= 0.6 is 0 Å². The number of benzene rings is 1. The van der Waals surface area contributed by atoms with Gasteiger partial charge in [-0.05, 0) is 30.5 Å². The van der Waals surface area contributed by atoms with Gasteiger partial charge >= 0.3 is 0 Å². The predicted octanol–water partition coefficient (Wildman–Crippen LogP) is 3.35. The van der Waals surface area contributed by atoms with Gasteiger partial charge in [0.1, 0.15) is 11.6 Å². The van der Waals surface area contributed by atoms with Crippen LogP contribution in [0.1, 0.15) is 42.5 Å². The van der Waals surface area contributed by atoms with Gasteiger partial charge in [0, 0.05) is 24.7 Å². The van der Waals surface area contributed by atoms with Gasteiger partial charge in [-0.15, -0.1) is 0 Å². The van der Waals surface area contributed by atoms with Crippen LogP contribution in [0, 0.1) is 5.82 Å². The van der Waals surface area contributed by atoms with Crippen molar-refractivity contribution in [2.75, 3.05) is 5.32 Å². The molecule has 0 bridgehead atoms. The normalized spacial score (nSPS) is 18.1. The van der Waals surface area contributed by atoms with Crippen LogP contribution in [0.4, 0.5) is 10.2 Å². The summed E-state index contributed by atoms with van der Waals surface area (Å²) < 4.78 is 15.3. The van der Waals surface area contributed by atoms with Crippen molar-refractivity contribution >= 4 is 11.5 Å². The molecular weight excluding hydrogens is 317 g/mol. The van der Waals surface area contributed by atoms with Gasteiger partial charge in [-0.1, -0.05) is 25.0 Å². The van der Waals surface area contributed by atoms with Crippen LogP contribution < -0.4 is 10.6 Å². The van der Waals surface area contributed by atoms with Gasteiger partial charge < -0.3 is 10.6 Å². The number of hydrogen-bond donors (Lipinski definition) is 2. The maximum atomic E-state index is 13.5. The molecule has 25 heavy (non-hydrogen) atoms. The molecule has 0 radical (unpaired) electrons. The average Bonchev–Trinajstić information content (AvgIpc) is 3.34. The van der Waals surface area contributed by atoms with Crippen LogP contribution in [-0.2, 0) is 18.6 Å². The van der Waals surface area contributed by atoms with E-state index in [9.17, 15) is 4.39 Å². The van der Waals surface area contributed by atoms with Crippen LogP contribution in [0.5, 0.6) is 0 Å². The lowest BCUT2D eigenvalue weighted by atomic mass is 9.94. The molecule has 128 valence electrons. The first-order valence-corrected chi connectivity index (χ1v) is 8.86. The van der Waals surface area contributed by atoms with Crippen molar-refractivity contribution in [2.24, 2.45) is 0 Å². The molecule has 1 spiro atoms. The largest absolute Gasteiger partial charge is 0.366 e. The summed E-state index contributed by atoms with van der Waals surface area (Å²) in [5.74, 6) is 0.751. The van der Waals surface area contributed by atoms with E-state index in [1.165, 1.54) is 30.2 Å². The predicted molar refractivity (Wildman–Crippen MR) is 93.7 cm³/mol. The summed E-state index contributed by atoms with van der Waals surface area (Å²) in [5.41, 5.74) is 4.15. The molecule has 3 aromatic rings. The quantitative estimate of drug-likeness (QED) is 0.769. The van der Waals surface area contributed by atoms with Crippen molar-refractivity contribution in [3.05, 3.63) is 59.2 Å². The van der Waals surface area contributed by atoms with Crippen LogP contribution in [-0.4, -0.2) is 14.6 Å². The molecule has 1 aromatic carbocycles. The molecule has 5 rings (SSSR count). The van der Waals surface area contributed by atoms with Crippen molar-refractivity contribution in [1.82, 2.24) is 19.9 Å². The molecule has 2 aliphatic rings. The summed E-state index contributed by atoms with van der Waals surface area (Å²) in [5, 5.41) is 11.6. The molecule has 1 aliphatic carbocycles. The molecule has 0 atom stereocenters. The Balaban J connectivity index is 1.57. The molecule has 1 fully saturated rings. The van der Waals surface area contributed by atoms with Gasteiger partial charge in [0.15, 0.2) is 5.65 Å². The number of aromatic nitrogens is 3. The minimum Gasteiger partial charge on any atom is -0.366 e. The lowest BCUT2D eigenvalue weighted by Crippen LogP contribution is -2.33. The Kier molecular flexibility index (Phi) is 3.28. The summed E-state index contributed by atoms with van der Waals surface area (Å²) in [6, 6.07) is 8.63. The van der Waals surface area contributed by atoms with Gasteiger partial charge in [-0.3, -0.25) is 0 Å². The molecule has 2 N–H and O–H groups in total. The molecule has 6 heteroatoms. The fourth-order valence-electron chi connectivity index (χ4n) is 4.29. The second-order valence-corrected chi connectivity index (χ2v) is 7.02. The highest BCUT2D eigenvalue weighted by atomic mass is 19.1. The van der Waals surface area contributed by atoms with Gasteiger partial charge in [0.05, 0.1) is 17.4 Å². The zero-order valence-corrected chi connectivity index (χ0v) is 13.9. The third kappa shape index (κ3) is 2.32. The fraction of sp³-hybridized carbons (Fsp3) is 0.368. The van der Waals surface area contributed by atoms with E-state index < -0.39 is 0 Å². The van der Waals surface area contributed by atoms with E-state index in [-0.39, 0.29) is 11.4 Å². The Morgan fingerprint density at radius 2 is 2.12 bits per heavy atom. The highest BCUT2D eigenvalue weighted by Gasteiger charge is 2.43. The fourth-order valence-corrected chi connectivity index (χ4v) is 4.29. The van der Waals surface area contributed by atoms with E-state index in [1.54, 1.807) is 18.3 Å². The maximum Gasteiger partial charge on any atom is 0.157 e. The molecule has 5 nitrogen and oxygen atoms in total. The smallest absolute Gasteiger partial charge is 0.157 e. The zero-order valence-electron chi connectivity index (χ0n) is 13.9. The van der Waals surface area contributed by atoms with Gasteiger partial charge in [-0.2, -0.15) is 9.61 Å². The van der Waals surface area contributed by atoms with Crippen molar-refractivity contribution in [3.63, 3.8) is 0 Å². The zero-order chi connectivity index (χ0) is 16.9. The lowest BCUT2D eigenvalue weighted by molar-refractivity contribution is 0.365. The number of nitrogens with one attached hydrogen (secondary N) is 2. The van der Waals surface area contributed by atoms with Crippen LogP contribution in [0.25, 0.3) is 5.65 Å². The van der Waals surface area contributed by atoms with E-state index in [2.05, 4.69) is 15.7 Å². The van der Waals surface area contributed by atoms with Gasteiger partial charge in [0.2, 0.25) is 0 Å².